The van der Waals surface area contributed by atoms with E-state index >= 15 is 0 Å². The van der Waals surface area contributed by atoms with E-state index < -0.39 is 0 Å². The molecule has 1 rings (SSSR count). The van der Waals surface area contributed by atoms with Gasteiger partial charge in [-0.05, 0) is 34.1 Å². The maximum atomic E-state index is 4.14. The molecule has 0 amide bonds. The molecule has 0 spiro atoms. The third-order valence-corrected chi connectivity index (χ3v) is 2.47. The van der Waals surface area contributed by atoms with Crippen LogP contribution in [0.4, 0.5) is 0 Å². The highest BCUT2D eigenvalue weighted by Gasteiger charge is 2.14. The first-order valence-corrected chi connectivity index (χ1v) is 5.58. The summed E-state index contributed by atoms with van der Waals surface area (Å²) in [5.74, 6) is 0. The molecule has 0 aliphatic heterocycles. The maximum absolute atomic E-state index is 4.14. The van der Waals surface area contributed by atoms with Gasteiger partial charge >= 0.3 is 0 Å². The summed E-state index contributed by atoms with van der Waals surface area (Å²) in [6.45, 7) is 11.5. The fourth-order valence-electron chi connectivity index (χ4n) is 1.13. The van der Waals surface area contributed by atoms with E-state index in [0.717, 1.165) is 18.7 Å². The molecule has 0 aliphatic carbocycles. The Balaban J connectivity index is 2.54. The lowest BCUT2D eigenvalue weighted by Gasteiger charge is -2.17. The van der Waals surface area contributed by atoms with Gasteiger partial charge in [0, 0.05) is 12.6 Å². The average Bonchev–Trinajstić information content (AvgIpc) is 2.61. The molecule has 0 radical (unpaired) electrons. The lowest BCUT2D eigenvalue weighted by atomic mass is 10.1. The summed E-state index contributed by atoms with van der Waals surface area (Å²) in [4.78, 5) is 0. The molecule has 0 aromatic carbocycles. The molecule has 0 aliphatic rings. The zero-order valence-corrected chi connectivity index (χ0v) is 10.4. The van der Waals surface area contributed by atoms with Crippen molar-refractivity contribution < 1.29 is 0 Å². The van der Waals surface area contributed by atoms with Crippen molar-refractivity contribution in [1.29, 1.82) is 0 Å². The monoisotopic (exact) mass is 210 g/mol. The fourth-order valence-corrected chi connectivity index (χ4v) is 1.13. The molecule has 86 valence electrons. The Kier molecular flexibility index (Phi) is 3.85. The van der Waals surface area contributed by atoms with Crippen molar-refractivity contribution in [2.45, 2.75) is 59.2 Å². The summed E-state index contributed by atoms with van der Waals surface area (Å²) in [5, 5.41) is 11.7. The Morgan fingerprint density at radius 1 is 1.47 bits per heavy atom. The molecule has 1 heterocycles. The zero-order valence-electron chi connectivity index (χ0n) is 10.4. The number of aromatic nitrogens is 3. The van der Waals surface area contributed by atoms with Gasteiger partial charge in [0.05, 0.1) is 17.4 Å². The molecule has 1 atom stereocenters. The molecule has 1 aromatic rings. The van der Waals surface area contributed by atoms with Crippen LogP contribution < -0.4 is 5.32 Å². The van der Waals surface area contributed by atoms with Crippen LogP contribution in [0, 0.1) is 0 Å². The van der Waals surface area contributed by atoms with Crippen molar-refractivity contribution in [3.05, 3.63) is 11.9 Å². The van der Waals surface area contributed by atoms with Gasteiger partial charge in [0.1, 0.15) is 0 Å². The molecule has 0 bridgehead atoms. The van der Waals surface area contributed by atoms with Gasteiger partial charge in [-0.15, -0.1) is 5.10 Å². The predicted molar refractivity (Wildman–Crippen MR) is 61.6 cm³/mol. The highest BCUT2D eigenvalue weighted by molar-refractivity contribution is 4.94. The quantitative estimate of drug-likeness (QED) is 0.825. The molecular formula is C11H22N4. The number of hydrogen-bond donors (Lipinski definition) is 1. The molecule has 1 aromatic heterocycles. The van der Waals surface area contributed by atoms with Crippen LogP contribution in [0.1, 0.15) is 46.7 Å². The van der Waals surface area contributed by atoms with Crippen molar-refractivity contribution in [2.24, 2.45) is 0 Å². The van der Waals surface area contributed by atoms with Crippen LogP contribution >= 0.6 is 0 Å². The first kappa shape index (κ1) is 12.2. The van der Waals surface area contributed by atoms with Crippen molar-refractivity contribution in [1.82, 2.24) is 20.3 Å². The number of rotatable bonds is 4. The molecule has 1 unspecified atom stereocenters. The summed E-state index contributed by atoms with van der Waals surface area (Å²) < 4.78 is 1.90. The second kappa shape index (κ2) is 4.75. The standard InChI is InChI=1S/C11H22N4/c1-6-9(2)12-7-10-8-15(14-13-10)11(3,4)5/h8-9,12H,6-7H2,1-5H3. The van der Waals surface area contributed by atoms with E-state index in [2.05, 4.69) is 50.2 Å². The van der Waals surface area contributed by atoms with Crippen LogP contribution in [-0.2, 0) is 12.1 Å². The van der Waals surface area contributed by atoms with Gasteiger partial charge < -0.3 is 5.32 Å². The molecule has 0 saturated carbocycles. The topological polar surface area (TPSA) is 42.7 Å². The minimum atomic E-state index is 0.0155. The van der Waals surface area contributed by atoms with Crippen molar-refractivity contribution in [2.75, 3.05) is 0 Å². The van der Waals surface area contributed by atoms with Gasteiger partial charge in [0.2, 0.25) is 0 Å². The Bertz CT molecular complexity index is 298. The van der Waals surface area contributed by atoms with Gasteiger partial charge in [-0.25, -0.2) is 4.68 Å². The summed E-state index contributed by atoms with van der Waals surface area (Å²) in [6, 6.07) is 0.532. The van der Waals surface area contributed by atoms with Gasteiger partial charge in [0.15, 0.2) is 0 Å². The Morgan fingerprint density at radius 2 is 2.13 bits per heavy atom. The minimum absolute atomic E-state index is 0.0155. The van der Waals surface area contributed by atoms with Crippen molar-refractivity contribution >= 4 is 0 Å². The number of nitrogens with one attached hydrogen (secondary N) is 1. The van der Waals surface area contributed by atoms with Crippen LogP contribution in [0.15, 0.2) is 6.20 Å². The van der Waals surface area contributed by atoms with Gasteiger partial charge in [-0.3, -0.25) is 0 Å². The van der Waals surface area contributed by atoms with E-state index in [-0.39, 0.29) is 5.54 Å². The van der Waals surface area contributed by atoms with Gasteiger partial charge in [-0.2, -0.15) is 0 Å². The molecule has 4 heteroatoms. The average molecular weight is 210 g/mol. The van der Waals surface area contributed by atoms with Crippen LogP contribution in [0.5, 0.6) is 0 Å². The fraction of sp³-hybridized carbons (Fsp3) is 0.818. The van der Waals surface area contributed by atoms with Gasteiger partial charge in [0.25, 0.3) is 0 Å². The van der Waals surface area contributed by atoms with E-state index in [9.17, 15) is 0 Å². The normalized spacial score (nSPS) is 14.2. The lowest BCUT2D eigenvalue weighted by molar-refractivity contribution is 0.347. The SMILES string of the molecule is CCC(C)NCc1cn(C(C)(C)C)nn1. The molecule has 0 saturated heterocycles. The first-order chi connectivity index (χ1) is 6.93. The third-order valence-electron chi connectivity index (χ3n) is 2.47. The molecule has 15 heavy (non-hydrogen) atoms. The minimum Gasteiger partial charge on any atom is -0.309 e. The van der Waals surface area contributed by atoms with E-state index in [1.54, 1.807) is 0 Å². The molecule has 4 nitrogen and oxygen atoms in total. The summed E-state index contributed by atoms with van der Waals surface area (Å²) >= 11 is 0. The van der Waals surface area contributed by atoms with Crippen molar-refractivity contribution in [3.8, 4) is 0 Å². The third kappa shape index (κ3) is 3.63. The van der Waals surface area contributed by atoms with Crippen LogP contribution in [0.25, 0.3) is 0 Å². The molecule has 1 N–H and O–H groups in total. The van der Waals surface area contributed by atoms with E-state index in [1.807, 2.05) is 10.9 Å². The predicted octanol–water partition coefficient (Wildman–Crippen LogP) is 1.92. The van der Waals surface area contributed by atoms with E-state index in [1.165, 1.54) is 0 Å². The van der Waals surface area contributed by atoms with Crippen LogP contribution in [-0.4, -0.2) is 21.0 Å². The largest absolute Gasteiger partial charge is 0.309 e. The van der Waals surface area contributed by atoms with Crippen LogP contribution in [0.3, 0.4) is 0 Å². The Hall–Kier alpha value is -0.900. The molecule has 0 fully saturated rings. The molecular weight excluding hydrogens is 188 g/mol. The lowest BCUT2D eigenvalue weighted by Crippen LogP contribution is -2.24. The summed E-state index contributed by atoms with van der Waals surface area (Å²) in [7, 11) is 0. The Labute approximate surface area is 92.1 Å². The number of nitrogens with zero attached hydrogens (tertiary/aromatic N) is 3. The van der Waals surface area contributed by atoms with E-state index in [4.69, 9.17) is 0 Å². The zero-order chi connectivity index (χ0) is 11.5. The second-order valence-electron chi connectivity index (χ2n) is 5.02. The highest BCUT2D eigenvalue weighted by atomic mass is 15.4. The Morgan fingerprint density at radius 3 is 2.60 bits per heavy atom. The van der Waals surface area contributed by atoms with E-state index in [0.29, 0.717) is 6.04 Å². The number of hydrogen-bond acceptors (Lipinski definition) is 3. The summed E-state index contributed by atoms with van der Waals surface area (Å²) in [5.41, 5.74) is 1.02. The highest BCUT2D eigenvalue weighted by Crippen LogP contribution is 2.11. The van der Waals surface area contributed by atoms with Crippen molar-refractivity contribution in [3.63, 3.8) is 0 Å². The summed E-state index contributed by atoms with van der Waals surface area (Å²) in [6.07, 6.45) is 3.14. The second-order valence-corrected chi connectivity index (χ2v) is 5.02. The van der Waals surface area contributed by atoms with Gasteiger partial charge in [-0.1, -0.05) is 12.1 Å². The maximum Gasteiger partial charge on any atom is 0.0965 e. The van der Waals surface area contributed by atoms with Crippen LogP contribution in [0.2, 0.25) is 0 Å². The first-order valence-electron chi connectivity index (χ1n) is 5.58. The smallest absolute Gasteiger partial charge is 0.0965 e.